The first-order valence-corrected chi connectivity index (χ1v) is 5.97. The molecule has 0 unspecified atom stereocenters. The molecule has 1 aromatic heterocycles. The minimum absolute atomic E-state index is 0.00405. The van der Waals surface area contributed by atoms with E-state index in [2.05, 4.69) is 4.98 Å². The molecule has 104 valence electrons. The second-order valence-corrected chi connectivity index (χ2v) is 4.10. The fourth-order valence-electron chi connectivity index (χ4n) is 1.73. The molecule has 0 aliphatic heterocycles. The Balaban J connectivity index is 2.31. The van der Waals surface area contributed by atoms with Crippen LogP contribution in [-0.4, -0.2) is 27.8 Å². The van der Waals surface area contributed by atoms with Crippen LogP contribution in [0.3, 0.4) is 0 Å². The number of hydrogen-bond donors (Lipinski definition) is 3. The van der Waals surface area contributed by atoms with Crippen molar-refractivity contribution in [2.24, 2.45) is 0 Å². The molecular weight excluding hydrogens is 260 g/mol. The quantitative estimate of drug-likeness (QED) is 0.766. The van der Waals surface area contributed by atoms with Crippen molar-refractivity contribution in [1.82, 2.24) is 4.98 Å². The average Bonchev–Trinajstić information content (AvgIpc) is 2.43. The van der Waals surface area contributed by atoms with E-state index in [0.717, 1.165) is 5.56 Å². The van der Waals surface area contributed by atoms with Crippen LogP contribution in [0.2, 0.25) is 0 Å². The average molecular weight is 274 g/mol. The molecule has 2 rings (SSSR count). The normalized spacial score (nSPS) is 10.2. The molecule has 0 amide bonds. The highest BCUT2D eigenvalue weighted by Crippen LogP contribution is 2.26. The molecule has 6 nitrogen and oxygen atoms in total. The number of aliphatic hydroxyl groups excluding tert-OH is 1. The predicted octanol–water partition coefficient (Wildman–Crippen LogP) is 1.69. The number of benzene rings is 1. The van der Waals surface area contributed by atoms with Crippen molar-refractivity contribution in [2.75, 3.05) is 12.3 Å². The SMILES string of the molecule is Nc1cnc(Oc2ccccc2CCO)cc1C(=O)O. The summed E-state index contributed by atoms with van der Waals surface area (Å²) in [5.74, 6) is -0.476. The predicted molar refractivity (Wildman–Crippen MR) is 72.9 cm³/mol. The number of anilines is 1. The summed E-state index contributed by atoms with van der Waals surface area (Å²) >= 11 is 0. The number of carbonyl (C=O) groups is 1. The highest BCUT2D eigenvalue weighted by molar-refractivity contribution is 5.93. The number of hydrogen-bond acceptors (Lipinski definition) is 5. The van der Waals surface area contributed by atoms with Crippen molar-refractivity contribution >= 4 is 11.7 Å². The molecule has 2 aromatic rings. The minimum Gasteiger partial charge on any atom is -0.478 e. The number of para-hydroxylation sites is 1. The largest absolute Gasteiger partial charge is 0.478 e. The number of nitrogen functional groups attached to an aromatic ring is 1. The van der Waals surface area contributed by atoms with E-state index in [0.29, 0.717) is 12.2 Å². The van der Waals surface area contributed by atoms with Crippen LogP contribution in [0.5, 0.6) is 11.6 Å². The maximum atomic E-state index is 11.0. The zero-order valence-corrected chi connectivity index (χ0v) is 10.6. The molecule has 0 spiro atoms. The molecule has 1 aromatic carbocycles. The van der Waals surface area contributed by atoms with Gasteiger partial charge in [0.15, 0.2) is 0 Å². The molecule has 0 saturated carbocycles. The monoisotopic (exact) mass is 274 g/mol. The van der Waals surface area contributed by atoms with Crippen molar-refractivity contribution < 1.29 is 19.7 Å². The van der Waals surface area contributed by atoms with Gasteiger partial charge in [0, 0.05) is 12.7 Å². The summed E-state index contributed by atoms with van der Waals surface area (Å²) in [6.45, 7) is -0.00405. The number of carboxylic acids is 1. The van der Waals surface area contributed by atoms with Crippen LogP contribution in [0, 0.1) is 0 Å². The number of nitrogens with zero attached hydrogens (tertiary/aromatic N) is 1. The third kappa shape index (κ3) is 3.04. The first-order valence-electron chi connectivity index (χ1n) is 5.97. The number of aromatic nitrogens is 1. The van der Waals surface area contributed by atoms with Gasteiger partial charge in [-0.25, -0.2) is 9.78 Å². The Morgan fingerprint density at radius 1 is 1.35 bits per heavy atom. The molecule has 0 radical (unpaired) electrons. The second-order valence-electron chi connectivity index (χ2n) is 4.10. The lowest BCUT2D eigenvalue weighted by Crippen LogP contribution is -2.04. The van der Waals surface area contributed by atoms with Gasteiger partial charge in [-0.1, -0.05) is 18.2 Å². The second kappa shape index (κ2) is 6.03. The summed E-state index contributed by atoms with van der Waals surface area (Å²) < 4.78 is 5.57. The van der Waals surface area contributed by atoms with Gasteiger partial charge in [-0.05, 0) is 18.1 Å². The van der Waals surface area contributed by atoms with Crippen LogP contribution < -0.4 is 10.5 Å². The molecule has 0 atom stereocenters. The molecule has 0 aliphatic rings. The van der Waals surface area contributed by atoms with Crippen molar-refractivity contribution in [3.8, 4) is 11.6 Å². The van der Waals surface area contributed by atoms with E-state index >= 15 is 0 Å². The summed E-state index contributed by atoms with van der Waals surface area (Å²) in [6.07, 6.45) is 1.68. The Labute approximate surface area is 115 Å². The van der Waals surface area contributed by atoms with Crippen LogP contribution in [-0.2, 0) is 6.42 Å². The van der Waals surface area contributed by atoms with E-state index in [1.165, 1.54) is 12.3 Å². The van der Waals surface area contributed by atoms with Crippen molar-refractivity contribution in [1.29, 1.82) is 0 Å². The Morgan fingerprint density at radius 2 is 2.10 bits per heavy atom. The maximum Gasteiger partial charge on any atom is 0.338 e. The third-order valence-corrected chi connectivity index (χ3v) is 2.71. The maximum absolute atomic E-state index is 11.0. The number of aliphatic hydroxyl groups is 1. The third-order valence-electron chi connectivity index (χ3n) is 2.71. The number of rotatable bonds is 5. The summed E-state index contributed by atoms with van der Waals surface area (Å²) in [6, 6.07) is 8.43. The van der Waals surface area contributed by atoms with Crippen LogP contribution in [0.4, 0.5) is 5.69 Å². The van der Waals surface area contributed by atoms with Crippen LogP contribution >= 0.6 is 0 Å². The standard InChI is InChI=1S/C14H14N2O4/c15-11-8-16-13(7-10(11)14(18)19)20-12-4-2-1-3-9(12)5-6-17/h1-4,7-8,17H,5-6,15H2,(H,18,19). The van der Waals surface area contributed by atoms with Gasteiger partial charge in [0.1, 0.15) is 5.75 Å². The van der Waals surface area contributed by atoms with Gasteiger partial charge in [0.25, 0.3) is 0 Å². The van der Waals surface area contributed by atoms with Crippen molar-refractivity contribution in [3.05, 3.63) is 47.7 Å². The molecule has 0 aliphatic carbocycles. The lowest BCUT2D eigenvalue weighted by atomic mass is 10.1. The Hall–Kier alpha value is -2.60. The van der Waals surface area contributed by atoms with Gasteiger partial charge in [-0.3, -0.25) is 0 Å². The molecule has 6 heteroatoms. The summed E-state index contributed by atoms with van der Waals surface area (Å²) in [5, 5.41) is 18.0. The van der Waals surface area contributed by atoms with Crippen LogP contribution in [0.15, 0.2) is 36.5 Å². The molecule has 0 fully saturated rings. The van der Waals surface area contributed by atoms with Crippen molar-refractivity contribution in [2.45, 2.75) is 6.42 Å². The van der Waals surface area contributed by atoms with Gasteiger partial charge in [0.05, 0.1) is 17.4 Å². The first-order chi connectivity index (χ1) is 9.61. The highest BCUT2D eigenvalue weighted by Gasteiger charge is 2.12. The van der Waals surface area contributed by atoms with E-state index < -0.39 is 5.97 Å². The molecular formula is C14H14N2O4. The molecule has 4 N–H and O–H groups in total. The number of nitrogens with two attached hydrogens (primary N) is 1. The summed E-state index contributed by atoms with van der Waals surface area (Å²) in [5.41, 5.74) is 6.36. The van der Waals surface area contributed by atoms with E-state index in [1.807, 2.05) is 12.1 Å². The summed E-state index contributed by atoms with van der Waals surface area (Å²) in [4.78, 5) is 14.9. The fraction of sp³-hybridized carbons (Fsp3) is 0.143. The molecule has 1 heterocycles. The fourth-order valence-corrected chi connectivity index (χ4v) is 1.73. The number of pyridine rings is 1. The van der Waals surface area contributed by atoms with E-state index in [-0.39, 0.29) is 23.7 Å². The van der Waals surface area contributed by atoms with Gasteiger partial charge in [0.2, 0.25) is 5.88 Å². The van der Waals surface area contributed by atoms with Crippen LogP contribution in [0.25, 0.3) is 0 Å². The van der Waals surface area contributed by atoms with Gasteiger partial charge in [-0.2, -0.15) is 0 Å². The summed E-state index contributed by atoms with van der Waals surface area (Å²) in [7, 11) is 0. The Morgan fingerprint density at radius 3 is 2.80 bits per heavy atom. The van der Waals surface area contributed by atoms with E-state index in [4.69, 9.17) is 20.7 Å². The van der Waals surface area contributed by atoms with Gasteiger partial charge >= 0.3 is 5.97 Å². The smallest absolute Gasteiger partial charge is 0.338 e. The van der Waals surface area contributed by atoms with Gasteiger partial charge in [-0.15, -0.1) is 0 Å². The topological polar surface area (TPSA) is 106 Å². The molecule has 20 heavy (non-hydrogen) atoms. The lowest BCUT2D eigenvalue weighted by Gasteiger charge is -2.10. The Kier molecular flexibility index (Phi) is 4.17. The highest BCUT2D eigenvalue weighted by atomic mass is 16.5. The minimum atomic E-state index is -1.14. The zero-order chi connectivity index (χ0) is 14.5. The zero-order valence-electron chi connectivity index (χ0n) is 10.6. The van der Waals surface area contributed by atoms with Gasteiger partial charge < -0.3 is 20.7 Å². The number of carboxylic acid groups (broad SMARTS) is 1. The van der Waals surface area contributed by atoms with E-state index in [1.54, 1.807) is 12.1 Å². The van der Waals surface area contributed by atoms with Crippen molar-refractivity contribution in [3.63, 3.8) is 0 Å². The Bertz CT molecular complexity index is 628. The number of aromatic carboxylic acids is 1. The first kappa shape index (κ1) is 13.8. The molecule has 0 bridgehead atoms. The van der Waals surface area contributed by atoms with Crippen LogP contribution in [0.1, 0.15) is 15.9 Å². The number of ether oxygens (including phenoxy) is 1. The molecule has 0 saturated heterocycles. The lowest BCUT2D eigenvalue weighted by molar-refractivity contribution is 0.0697. The van der Waals surface area contributed by atoms with E-state index in [9.17, 15) is 4.79 Å².